The number of halogens is 1. The van der Waals surface area contributed by atoms with Gasteiger partial charge in [-0.3, -0.25) is 5.10 Å². The number of hydrogen-bond acceptors (Lipinski definition) is 8. The Morgan fingerprint density at radius 3 is 2.84 bits per heavy atom. The third-order valence-electron chi connectivity index (χ3n) is 8.12. The highest BCUT2D eigenvalue weighted by molar-refractivity contribution is 5.91. The molecule has 2 aromatic carbocycles. The molecule has 7 rings (SSSR count). The third kappa shape index (κ3) is 3.28. The van der Waals surface area contributed by atoms with Crippen LogP contribution in [-0.2, 0) is 5.41 Å². The van der Waals surface area contributed by atoms with Crippen LogP contribution in [0.3, 0.4) is 0 Å². The molecule has 1 saturated heterocycles. The van der Waals surface area contributed by atoms with Crippen LogP contribution >= 0.6 is 0 Å². The monoisotopic (exact) mass is 496 g/mol. The van der Waals surface area contributed by atoms with Crippen molar-refractivity contribution >= 4 is 28.0 Å². The standard InChI is InChI=1S/C27H25FN8O/c1-37-23-12-30-20-7-6-15(10-21(20)32-23)24-25-26(35-34-24)33-22(11-31-25)36-9-8-16-18(13-36)27(16,14-29)17-4-2-3-5-19(17)28/h2-7,10-12,16,18H,8-9,13-14,29H2,1H3,(H,33,34,35)/t16-,18+,27-/m1/s1. The van der Waals surface area contributed by atoms with E-state index >= 15 is 0 Å². The van der Waals surface area contributed by atoms with E-state index in [-0.39, 0.29) is 17.2 Å². The minimum absolute atomic E-state index is 0.168. The molecule has 1 saturated carbocycles. The molecule has 2 aliphatic rings. The Morgan fingerprint density at radius 2 is 2.00 bits per heavy atom. The summed E-state index contributed by atoms with van der Waals surface area (Å²) in [6.07, 6.45) is 4.32. The fraction of sp³-hybridized carbons (Fsp3) is 0.296. The van der Waals surface area contributed by atoms with Crippen molar-refractivity contribution in [1.29, 1.82) is 0 Å². The molecule has 0 bridgehead atoms. The largest absolute Gasteiger partial charge is 0.480 e. The topological polar surface area (TPSA) is 119 Å². The molecule has 0 amide bonds. The molecular weight excluding hydrogens is 471 g/mol. The maximum absolute atomic E-state index is 14.7. The summed E-state index contributed by atoms with van der Waals surface area (Å²) in [5.74, 6) is 1.73. The quantitative estimate of drug-likeness (QED) is 0.380. The summed E-state index contributed by atoms with van der Waals surface area (Å²) >= 11 is 0. The minimum atomic E-state index is -0.305. The number of benzene rings is 2. The van der Waals surface area contributed by atoms with Crippen molar-refractivity contribution in [3.63, 3.8) is 0 Å². The van der Waals surface area contributed by atoms with Gasteiger partial charge in [0.1, 0.15) is 22.8 Å². The van der Waals surface area contributed by atoms with Crippen molar-refractivity contribution in [1.82, 2.24) is 30.1 Å². The predicted octanol–water partition coefficient (Wildman–Crippen LogP) is 3.46. The van der Waals surface area contributed by atoms with Gasteiger partial charge in [0.05, 0.1) is 30.5 Å². The van der Waals surface area contributed by atoms with Crippen molar-refractivity contribution in [3.05, 3.63) is 66.2 Å². The highest BCUT2D eigenvalue weighted by atomic mass is 19.1. The number of rotatable bonds is 5. The van der Waals surface area contributed by atoms with Crippen LogP contribution < -0.4 is 15.4 Å². The fourth-order valence-corrected chi connectivity index (χ4v) is 6.22. The normalized spacial score (nSPS) is 22.8. The molecule has 9 nitrogen and oxygen atoms in total. The predicted molar refractivity (Wildman–Crippen MR) is 138 cm³/mol. The average Bonchev–Trinajstić information content (AvgIpc) is 3.40. The lowest BCUT2D eigenvalue weighted by molar-refractivity contribution is 0.397. The number of methoxy groups -OCH3 is 1. The van der Waals surface area contributed by atoms with Crippen LogP contribution in [0.4, 0.5) is 10.2 Å². The Labute approximate surface area is 211 Å². The van der Waals surface area contributed by atoms with E-state index in [4.69, 9.17) is 20.4 Å². The molecule has 4 heterocycles. The van der Waals surface area contributed by atoms with E-state index in [0.717, 1.165) is 42.0 Å². The van der Waals surface area contributed by atoms with E-state index in [1.807, 2.05) is 30.3 Å². The van der Waals surface area contributed by atoms with Crippen LogP contribution in [0.25, 0.3) is 33.5 Å². The maximum Gasteiger partial charge on any atom is 0.232 e. The zero-order valence-corrected chi connectivity index (χ0v) is 20.2. The fourth-order valence-electron chi connectivity index (χ4n) is 6.22. The molecule has 2 fully saturated rings. The molecule has 186 valence electrons. The van der Waals surface area contributed by atoms with E-state index in [2.05, 4.69) is 25.1 Å². The number of hydrogen-bond donors (Lipinski definition) is 2. The molecule has 37 heavy (non-hydrogen) atoms. The molecule has 1 aliphatic heterocycles. The van der Waals surface area contributed by atoms with Crippen LogP contribution in [0.5, 0.6) is 5.88 Å². The smallest absolute Gasteiger partial charge is 0.232 e. The van der Waals surface area contributed by atoms with Gasteiger partial charge in [0.15, 0.2) is 5.65 Å². The van der Waals surface area contributed by atoms with Gasteiger partial charge in [0, 0.05) is 30.6 Å². The number of fused-ring (bicyclic) bond motifs is 3. The molecule has 0 spiro atoms. The first-order valence-electron chi connectivity index (χ1n) is 12.3. The first-order valence-corrected chi connectivity index (χ1v) is 12.3. The Hall–Kier alpha value is -4.18. The summed E-state index contributed by atoms with van der Waals surface area (Å²) in [6, 6.07) is 12.8. The summed E-state index contributed by atoms with van der Waals surface area (Å²) in [5.41, 5.74) is 11.0. The average molecular weight is 497 g/mol. The Morgan fingerprint density at radius 1 is 1.11 bits per heavy atom. The van der Waals surface area contributed by atoms with Gasteiger partial charge in [-0.25, -0.2) is 24.3 Å². The summed E-state index contributed by atoms with van der Waals surface area (Å²) in [5, 5.41) is 7.54. The molecule has 3 atom stereocenters. The second-order valence-corrected chi connectivity index (χ2v) is 9.79. The zero-order valence-electron chi connectivity index (χ0n) is 20.2. The van der Waals surface area contributed by atoms with E-state index in [9.17, 15) is 4.39 Å². The van der Waals surface area contributed by atoms with Gasteiger partial charge >= 0.3 is 0 Å². The first kappa shape index (κ1) is 22.1. The number of aromatic amines is 1. The summed E-state index contributed by atoms with van der Waals surface area (Å²) in [4.78, 5) is 20.7. The molecule has 0 radical (unpaired) electrons. The first-order chi connectivity index (χ1) is 18.1. The van der Waals surface area contributed by atoms with Gasteiger partial charge in [-0.1, -0.05) is 24.3 Å². The van der Waals surface area contributed by atoms with Crippen molar-refractivity contribution < 1.29 is 9.13 Å². The highest BCUT2D eigenvalue weighted by Crippen LogP contribution is 2.63. The van der Waals surface area contributed by atoms with Crippen LogP contribution in [-0.4, -0.2) is 56.9 Å². The lowest BCUT2D eigenvalue weighted by Crippen LogP contribution is -2.32. The number of H-pyrrole nitrogens is 1. The van der Waals surface area contributed by atoms with Crippen LogP contribution in [0, 0.1) is 17.7 Å². The summed E-state index contributed by atoms with van der Waals surface area (Å²) in [7, 11) is 1.57. The third-order valence-corrected chi connectivity index (χ3v) is 8.12. The number of ether oxygens (including phenoxy) is 1. The number of anilines is 1. The number of piperidine rings is 1. The van der Waals surface area contributed by atoms with Gasteiger partial charge in [-0.15, -0.1) is 0 Å². The second-order valence-electron chi connectivity index (χ2n) is 9.79. The molecule has 10 heteroatoms. The molecule has 1 aliphatic carbocycles. The summed E-state index contributed by atoms with van der Waals surface area (Å²) < 4.78 is 19.9. The van der Waals surface area contributed by atoms with E-state index in [0.29, 0.717) is 40.7 Å². The zero-order chi connectivity index (χ0) is 25.1. The van der Waals surface area contributed by atoms with Crippen molar-refractivity contribution in [2.24, 2.45) is 17.6 Å². The van der Waals surface area contributed by atoms with E-state index in [1.54, 1.807) is 25.6 Å². The van der Waals surface area contributed by atoms with E-state index < -0.39 is 0 Å². The summed E-state index contributed by atoms with van der Waals surface area (Å²) in [6.45, 7) is 2.03. The van der Waals surface area contributed by atoms with Gasteiger partial charge in [-0.05, 0) is 42.0 Å². The number of nitrogens with zero attached hydrogens (tertiary/aromatic N) is 6. The van der Waals surface area contributed by atoms with E-state index in [1.165, 1.54) is 6.07 Å². The van der Waals surface area contributed by atoms with Crippen molar-refractivity contribution in [2.45, 2.75) is 11.8 Å². The number of nitrogens with one attached hydrogen (secondary N) is 1. The van der Waals surface area contributed by atoms with Gasteiger partial charge < -0.3 is 15.4 Å². The number of nitrogens with two attached hydrogens (primary N) is 1. The van der Waals surface area contributed by atoms with Gasteiger partial charge in [-0.2, -0.15) is 5.10 Å². The maximum atomic E-state index is 14.7. The Bertz CT molecular complexity index is 1650. The SMILES string of the molecule is COc1cnc2ccc(-c3n[nH]c4nc(N5CC[C@@H]6[C@H](C5)[C@@]6(CN)c5ccccc5F)cnc34)cc2n1. The lowest BCUT2D eigenvalue weighted by Gasteiger charge is -2.26. The molecule has 3 N–H and O–H groups in total. The van der Waals surface area contributed by atoms with Crippen LogP contribution in [0.1, 0.15) is 12.0 Å². The highest BCUT2D eigenvalue weighted by Gasteiger charge is 2.66. The van der Waals surface area contributed by atoms with Gasteiger partial charge in [0.2, 0.25) is 5.88 Å². The van der Waals surface area contributed by atoms with Crippen molar-refractivity contribution in [3.8, 4) is 17.1 Å². The van der Waals surface area contributed by atoms with Crippen molar-refractivity contribution in [2.75, 3.05) is 31.6 Å². The number of aromatic nitrogens is 6. The molecular formula is C27H25FN8O. The van der Waals surface area contributed by atoms with Crippen LogP contribution in [0.15, 0.2) is 54.9 Å². The second kappa shape index (κ2) is 8.17. The molecule has 0 unspecified atom stereocenters. The Balaban J connectivity index is 1.18. The van der Waals surface area contributed by atoms with Crippen LogP contribution in [0.2, 0.25) is 0 Å². The molecule has 5 aromatic rings. The minimum Gasteiger partial charge on any atom is -0.480 e. The molecule has 3 aromatic heterocycles. The van der Waals surface area contributed by atoms with Gasteiger partial charge in [0.25, 0.3) is 0 Å². The lowest BCUT2D eigenvalue weighted by atomic mass is 9.91. The Kier molecular flexibility index (Phi) is 4.87.